The lowest BCUT2D eigenvalue weighted by Gasteiger charge is -2.12. The fourth-order valence-corrected chi connectivity index (χ4v) is 4.33. The molecule has 0 aromatic heterocycles. The molecule has 0 spiro atoms. The maximum Gasteiger partial charge on any atom is 0.263 e. The highest BCUT2D eigenvalue weighted by atomic mass is 79.9. The monoisotopic (exact) mass is 494 g/mol. The summed E-state index contributed by atoms with van der Waals surface area (Å²) in [5, 5.41) is 11.8. The van der Waals surface area contributed by atoms with Gasteiger partial charge in [-0.25, -0.2) is 8.42 Å². The highest BCUT2D eigenvalue weighted by Gasteiger charge is 2.19. The Balaban J connectivity index is 1.83. The summed E-state index contributed by atoms with van der Waals surface area (Å²) in [5.41, 5.74) is 1.71. The maximum atomic E-state index is 12.7. The van der Waals surface area contributed by atoms with Crippen LogP contribution in [0.25, 0.3) is 0 Å². The van der Waals surface area contributed by atoms with E-state index in [4.69, 9.17) is 16.7 Å². The van der Waals surface area contributed by atoms with Crippen molar-refractivity contribution in [2.45, 2.75) is 11.5 Å². The van der Waals surface area contributed by atoms with Crippen LogP contribution in [0, 0.1) is 0 Å². The van der Waals surface area contributed by atoms with Crippen molar-refractivity contribution < 1.29 is 18.3 Å². The highest BCUT2D eigenvalue weighted by Crippen LogP contribution is 2.27. The molecule has 9 heteroatoms. The number of benzene rings is 3. The minimum atomic E-state index is -3.97. The van der Waals surface area contributed by atoms with Crippen LogP contribution in [0.4, 0.5) is 11.4 Å². The van der Waals surface area contributed by atoms with E-state index >= 15 is 0 Å². The molecule has 3 N–H and O–H groups in total. The van der Waals surface area contributed by atoms with Crippen LogP contribution < -0.4 is 10.0 Å². The molecule has 0 aliphatic rings. The number of anilines is 2. The summed E-state index contributed by atoms with van der Waals surface area (Å²) in [4.78, 5) is 12.2. The largest absolute Gasteiger partial charge is 0.392 e. The number of hydrogen-bond donors (Lipinski definition) is 3. The Morgan fingerprint density at radius 2 is 1.59 bits per heavy atom. The molecule has 29 heavy (non-hydrogen) atoms. The average Bonchev–Trinajstić information content (AvgIpc) is 2.71. The standard InChI is InChI=1S/C20H16BrClN2O4S/c21-15-5-7-16(8-6-15)24-29(27,28)19-11-17(9-10-18(19)22)23-20(26)14-3-1-13(12-25)2-4-14/h1-11,24-25H,12H2,(H,23,26). The number of aliphatic hydroxyl groups is 1. The van der Waals surface area contributed by atoms with Crippen LogP contribution in [-0.2, 0) is 16.6 Å². The fraction of sp³-hybridized carbons (Fsp3) is 0.0500. The number of carbonyl (C=O) groups is 1. The summed E-state index contributed by atoms with van der Waals surface area (Å²) in [6.07, 6.45) is 0. The molecule has 0 atom stereocenters. The number of amides is 1. The second-order valence-electron chi connectivity index (χ2n) is 6.07. The van der Waals surface area contributed by atoms with Crippen molar-refractivity contribution in [2.75, 3.05) is 10.0 Å². The molecular weight excluding hydrogens is 480 g/mol. The first-order valence-electron chi connectivity index (χ1n) is 8.37. The van der Waals surface area contributed by atoms with Crippen LogP contribution in [-0.4, -0.2) is 19.4 Å². The molecule has 3 rings (SSSR count). The van der Waals surface area contributed by atoms with Gasteiger partial charge in [0.05, 0.1) is 11.6 Å². The van der Waals surface area contributed by atoms with E-state index in [1.165, 1.54) is 18.2 Å². The van der Waals surface area contributed by atoms with Crippen molar-refractivity contribution in [3.8, 4) is 0 Å². The van der Waals surface area contributed by atoms with Crippen molar-refractivity contribution in [2.24, 2.45) is 0 Å². The predicted molar refractivity (Wildman–Crippen MR) is 117 cm³/mol. The van der Waals surface area contributed by atoms with Crippen molar-refractivity contribution in [3.63, 3.8) is 0 Å². The van der Waals surface area contributed by atoms with Crippen LogP contribution in [0.1, 0.15) is 15.9 Å². The zero-order chi connectivity index (χ0) is 21.0. The van der Waals surface area contributed by atoms with Gasteiger partial charge in [0.2, 0.25) is 0 Å². The number of rotatable bonds is 6. The molecule has 0 bridgehead atoms. The van der Waals surface area contributed by atoms with Gasteiger partial charge in [-0.05, 0) is 60.2 Å². The van der Waals surface area contributed by atoms with Crippen LogP contribution in [0.5, 0.6) is 0 Å². The zero-order valence-corrected chi connectivity index (χ0v) is 18.1. The molecule has 0 aliphatic heterocycles. The van der Waals surface area contributed by atoms with Gasteiger partial charge in [-0.2, -0.15) is 0 Å². The van der Waals surface area contributed by atoms with Gasteiger partial charge in [-0.15, -0.1) is 0 Å². The molecule has 0 unspecified atom stereocenters. The quantitative estimate of drug-likeness (QED) is 0.464. The van der Waals surface area contributed by atoms with E-state index in [9.17, 15) is 13.2 Å². The molecular formula is C20H16BrClN2O4S. The van der Waals surface area contributed by atoms with E-state index < -0.39 is 15.9 Å². The second kappa shape index (κ2) is 8.96. The lowest BCUT2D eigenvalue weighted by molar-refractivity contribution is 0.102. The van der Waals surface area contributed by atoms with Gasteiger partial charge in [0, 0.05) is 21.4 Å². The van der Waals surface area contributed by atoms with E-state index in [1.54, 1.807) is 48.5 Å². The molecule has 0 radical (unpaired) electrons. The summed E-state index contributed by atoms with van der Waals surface area (Å²) in [7, 11) is -3.97. The topological polar surface area (TPSA) is 95.5 Å². The molecule has 1 amide bonds. The summed E-state index contributed by atoms with van der Waals surface area (Å²) in [5.74, 6) is -0.416. The summed E-state index contributed by atoms with van der Waals surface area (Å²) in [6.45, 7) is -0.119. The van der Waals surface area contributed by atoms with Gasteiger partial charge in [-0.3, -0.25) is 9.52 Å². The van der Waals surface area contributed by atoms with E-state index in [1.807, 2.05) is 0 Å². The lowest BCUT2D eigenvalue weighted by atomic mass is 10.1. The lowest BCUT2D eigenvalue weighted by Crippen LogP contribution is -2.15. The molecule has 0 saturated carbocycles. The summed E-state index contributed by atoms with van der Waals surface area (Å²) >= 11 is 9.39. The predicted octanol–water partition coefficient (Wildman–Crippen LogP) is 4.65. The molecule has 6 nitrogen and oxygen atoms in total. The zero-order valence-electron chi connectivity index (χ0n) is 14.9. The van der Waals surface area contributed by atoms with Crippen molar-refractivity contribution in [1.82, 2.24) is 0 Å². The molecule has 3 aromatic carbocycles. The SMILES string of the molecule is O=C(Nc1ccc(Cl)c(S(=O)(=O)Nc2ccc(Br)cc2)c1)c1ccc(CO)cc1. The number of nitrogens with one attached hydrogen (secondary N) is 2. The molecule has 0 aliphatic carbocycles. The van der Waals surface area contributed by atoms with E-state index in [-0.39, 0.29) is 22.2 Å². The third kappa shape index (κ3) is 5.36. The first kappa shape index (κ1) is 21.3. The van der Waals surface area contributed by atoms with E-state index in [2.05, 4.69) is 26.0 Å². The second-order valence-corrected chi connectivity index (χ2v) is 9.04. The van der Waals surface area contributed by atoms with Gasteiger partial charge >= 0.3 is 0 Å². The smallest absolute Gasteiger partial charge is 0.263 e. The number of carbonyl (C=O) groups excluding carboxylic acids is 1. The number of sulfonamides is 1. The van der Waals surface area contributed by atoms with Gasteiger partial charge in [-0.1, -0.05) is 39.7 Å². The highest BCUT2D eigenvalue weighted by molar-refractivity contribution is 9.10. The first-order chi connectivity index (χ1) is 13.8. The molecule has 150 valence electrons. The molecule has 0 fully saturated rings. The van der Waals surface area contributed by atoms with Crippen LogP contribution in [0.2, 0.25) is 5.02 Å². The Hall–Kier alpha value is -2.39. The summed E-state index contributed by atoms with van der Waals surface area (Å²) in [6, 6.07) is 17.3. The van der Waals surface area contributed by atoms with E-state index in [0.29, 0.717) is 16.8 Å². The number of halogens is 2. The Kier molecular flexibility index (Phi) is 6.59. The first-order valence-corrected chi connectivity index (χ1v) is 11.0. The Morgan fingerprint density at radius 1 is 0.966 bits per heavy atom. The van der Waals surface area contributed by atoms with E-state index in [0.717, 1.165) is 4.47 Å². The van der Waals surface area contributed by atoms with Gasteiger partial charge in [0.25, 0.3) is 15.9 Å². The Morgan fingerprint density at radius 3 is 2.21 bits per heavy atom. The minimum absolute atomic E-state index is 0.0277. The Labute approximate surface area is 181 Å². The van der Waals surface area contributed by atoms with Gasteiger partial charge in [0.1, 0.15) is 4.90 Å². The van der Waals surface area contributed by atoms with Crippen molar-refractivity contribution in [3.05, 3.63) is 87.4 Å². The fourth-order valence-electron chi connectivity index (χ4n) is 2.48. The van der Waals surface area contributed by atoms with Crippen LogP contribution in [0.3, 0.4) is 0 Å². The number of aliphatic hydroxyl groups excluding tert-OH is 1. The normalized spacial score (nSPS) is 11.1. The van der Waals surface area contributed by atoms with Crippen LogP contribution in [0.15, 0.2) is 76.1 Å². The van der Waals surface area contributed by atoms with Gasteiger partial charge in [0.15, 0.2) is 0 Å². The van der Waals surface area contributed by atoms with Crippen LogP contribution >= 0.6 is 27.5 Å². The average molecular weight is 496 g/mol. The molecule has 3 aromatic rings. The molecule has 0 saturated heterocycles. The van der Waals surface area contributed by atoms with Gasteiger partial charge < -0.3 is 10.4 Å². The van der Waals surface area contributed by atoms with Crippen molar-refractivity contribution in [1.29, 1.82) is 0 Å². The maximum absolute atomic E-state index is 12.7. The summed E-state index contributed by atoms with van der Waals surface area (Å²) < 4.78 is 28.8. The molecule has 0 heterocycles. The minimum Gasteiger partial charge on any atom is -0.392 e. The third-order valence-corrected chi connectivity index (χ3v) is 6.37. The number of hydrogen-bond acceptors (Lipinski definition) is 4. The third-order valence-electron chi connectivity index (χ3n) is 3.97. The Bertz CT molecular complexity index is 1130. The van der Waals surface area contributed by atoms with Crippen molar-refractivity contribution >= 4 is 54.8 Å².